The quantitative estimate of drug-likeness (QED) is 0.320. The molecule has 0 atom stereocenters. The molecule has 2 heterocycles. The van der Waals surface area contributed by atoms with Crippen molar-refractivity contribution in [3.8, 4) is 10.7 Å². The highest BCUT2D eigenvalue weighted by Crippen LogP contribution is 2.28. The average Bonchev–Trinajstić information content (AvgIpc) is 3.51. The van der Waals surface area contributed by atoms with Crippen molar-refractivity contribution in [1.82, 2.24) is 19.7 Å². The molecule has 0 unspecified atom stereocenters. The van der Waals surface area contributed by atoms with Gasteiger partial charge in [0.1, 0.15) is 0 Å². The Hall–Kier alpha value is -3.43. The number of nitrogens with zero attached hydrogens (tertiary/aromatic N) is 4. The van der Waals surface area contributed by atoms with Gasteiger partial charge in [-0.15, -0.1) is 21.5 Å². The molecule has 2 aromatic heterocycles. The number of hydrogen-bond acceptors (Lipinski definition) is 6. The van der Waals surface area contributed by atoms with Crippen molar-refractivity contribution in [3.63, 3.8) is 0 Å². The van der Waals surface area contributed by atoms with Crippen LogP contribution in [0.5, 0.6) is 0 Å². The van der Waals surface area contributed by atoms with Crippen molar-refractivity contribution in [2.75, 3.05) is 12.3 Å². The Morgan fingerprint density at radius 3 is 2.29 bits per heavy atom. The molecule has 0 bridgehead atoms. The highest BCUT2D eigenvalue weighted by Gasteiger charge is 2.20. The van der Waals surface area contributed by atoms with E-state index in [0.717, 1.165) is 21.8 Å². The maximum absolute atomic E-state index is 13.1. The van der Waals surface area contributed by atoms with E-state index in [0.29, 0.717) is 18.2 Å². The first-order valence-electron chi connectivity index (χ1n) is 10.8. The van der Waals surface area contributed by atoms with Crippen molar-refractivity contribution in [2.45, 2.75) is 24.7 Å². The number of hydrogen-bond donors (Lipinski definition) is 1. The number of thiophene rings is 1. The maximum atomic E-state index is 13.1. The topological polar surface area (TPSA) is 94.1 Å². The molecule has 0 spiro atoms. The fraction of sp³-hybridized carbons (Fsp3) is 0.200. The second-order valence-electron chi connectivity index (χ2n) is 7.66. The Morgan fingerprint density at radius 2 is 1.65 bits per heavy atom. The second kappa shape index (κ2) is 11.6. The lowest BCUT2D eigenvalue weighted by molar-refractivity contribution is -0.129. The van der Waals surface area contributed by atoms with Crippen LogP contribution in [0.3, 0.4) is 0 Å². The lowest BCUT2D eigenvalue weighted by Crippen LogP contribution is -2.34. The van der Waals surface area contributed by atoms with E-state index < -0.39 is 5.91 Å². The van der Waals surface area contributed by atoms with Gasteiger partial charge in [0.2, 0.25) is 11.8 Å². The van der Waals surface area contributed by atoms with E-state index in [1.165, 1.54) is 11.8 Å². The minimum absolute atomic E-state index is 0.0814. The largest absolute Gasteiger partial charge is 0.370 e. The van der Waals surface area contributed by atoms with Crippen LogP contribution in [0.25, 0.3) is 10.7 Å². The van der Waals surface area contributed by atoms with Crippen LogP contribution in [0.1, 0.15) is 17.5 Å². The summed E-state index contributed by atoms with van der Waals surface area (Å²) in [6, 6.07) is 23.8. The van der Waals surface area contributed by atoms with Crippen molar-refractivity contribution >= 4 is 34.9 Å². The van der Waals surface area contributed by atoms with Crippen molar-refractivity contribution in [3.05, 3.63) is 89.3 Å². The molecular weight excluding hydrogens is 466 g/mol. The molecule has 4 aromatic rings. The Morgan fingerprint density at radius 1 is 0.941 bits per heavy atom. The molecule has 2 N–H and O–H groups in total. The van der Waals surface area contributed by atoms with Gasteiger partial charge in [-0.3, -0.25) is 14.2 Å². The predicted octanol–water partition coefficient (Wildman–Crippen LogP) is 4.05. The molecule has 0 aliphatic carbocycles. The van der Waals surface area contributed by atoms with E-state index in [1.807, 2.05) is 70.6 Å². The molecule has 0 fully saturated rings. The van der Waals surface area contributed by atoms with E-state index in [1.54, 1.807) is 16.2 Å². The minimum Gasteiger partial charge on any atom is -0.370 e. The lowest BCUT2D eigenvalue weighted by Gasteiger charge is -2.22. The van der Waals surface area contributed by atoms with Gasteiger partial charge < -0.3 is 10.6 Å². The minimum atomic E-state index is -0.429. The van der Waals surface area contributed by atoms with Crippen LogP contribution in [0, 0.1) is 0 Å². The van der Waals surface area contributed by atoms with Gasteiger partial charge in [0, 0.05) is 19.5 Å². The van der Waals surface area contributed by atoms with E-state index in [9.17, 15) is 9.59 Å². The number of carbonyl (C=O) groups excluding carboxylic acids is 2. The number of thioether (sulfide) groups is 1. The Bertz CT molecular complexity index is 1210. The number of benzene rings is 2. The predicted molar refractivity (Wildman–Crippen MR) is 135 cm³/mol. The zero-order valence-corrected chi connectivity index (χ0v) is 20.2. The molecule has 174 valence electrons. The molecule has 0 radical (unpaired) electrons. The highest BCUT2D eigenvalue weighted by molar-refractivity contribution is 7.99. The Balaban J connectivity index is 1.51. The molecule has 4 rings (SSSR count). The van der Waals surface area contributed by atoms with Gasteiger partial charge in [0.05, 0.1) is 17.2 Å². The molecule has 0 aliphatic rings. The van der Waals surface area contributed by atoms with E-state index in [-0.39, 0.29) is 24.6 Å². The standard InChI is InChI=1S/C25H25N5O2S2/c26-22(31)13-14-29(16-19-8-3-1-4-9-19)23(32)18-34-25-28-27-24(21-12-7-15-33-21)30(25)17-20-10-5-2-6-11-20/h1-12,15H,13-14,16-18H2,(H2,26,31). The second-order valence-corrected chi connectivity index (χ2v) is 9.55. The van der Waals surface area contributed by atoms with Crippen molar-refractivity contribution in [1.29, 1.82) is 0 Å². The fourth-order valence-corrected chi connectivity index (χ4v) is 5.01. The number of carbonyl (C=O) groups is 2. The van der Waals surface area contributed by atoms with E-state index >= 15 is 0 Å². The van der Waals surface area contributed by atoms with Gasteiger partial charge >= 0.3 is 0 Å². The molecule has 2 amide bonds. The van der Waals surface area contributed by atoms with Gasteiger partial charge in [-0.2, -0.15) is 0 Å². The number of primary amides is 1. The molecule has 34 heavy (non-hydrogen) atoms. The number of nitrogens with two attached hydrogens (primary N) is 1. The smallest absolute Gasteiger partial charge is 0.233 e. The van der Waals surface area contributed by atoms with Crippen LogP contribution in [-0.4, -0.2) is 43.8 Å². The van der Waals surface area contributed by atoms with Crippen molar-refractivity contribution < 1.29 is 9.59 Å². The van der Waals surface area contributed by atoms with Crippen LogP contribution >= 0.6 is 23.1 Å². The summed E-state index contributed by atoms with van der Waals surface area (Å²) < 4.78 is 2.05. The monoisotopic (exact) mass is 491 g/mol. The zero-order chi connectivity index (χ0) is 23.8. The summed E-state index contributed by atoms with van der Waals surface area (Å²) in [7, 11) is 0. The van der Waals surface area contributed by atoms with Crippen LogP contribution in [-0.2, 0) is 22.7 Å². The molecule has 9 heteroatoms. The van der Waals surface area contributed by atoms with Gasteiger partial charge in [-0.05, 0) is 22.6 Å². The summed E-state index contributed by atoms with van der Waals surface area (Å²) >= 11 is 2.95. The molecule has 0 aliphatic heterocycles. The number of amides is 2. The van der Waals surface area contributed by atoms with Gasteiger partial charge in [-0.1, -0.05) is 78.5 Å². The van der Waals surface area contributed by atoms with Crippen LogP contribution in [0.2, 0.25) is 0 Å². The van der Waals surface area contributed by atoms with Crippen LogP contribution < -0.4 is 5.73 Å². The third kappa shape index (κ3) is 6.33. The van der Waals surface area contributed by atoms with Crippen LogP contribution in [0.15, 0.2) is 83.3 Å². The average molecular weight is 492 g/mol. The van der Waals surface area contributed by atoms with Crippen LogP contribution in [0.4, 0.5) is 0 Å². The first-order valence-corrected chi connectivity index (χ1v) is 12.7. The van der Waals surface area contributed by atoms with Gasteiger partial charge in [0.15, 0.2) is 11.0 Å². The lowest BCUT2D eigenvalue weighted by atomic mass is 10.2. The Kier molecular flexibility index (Phi) is 8.11. The van der Waals surface area contributed by atoms with Crippen molar-refractivity contribution in [2.24, 2.45) is 5.73 Å². The number of rotatable bonds is 11. The Labute approximate surface area is 206 Å². The maximum Gasteiger partial charge on any atom is 0.233 e. The third-order valence-corrected chi connectivity index (χ3v) is 6.98. The molecule has 7 nitrogen and oxygen atoms in total. The van der Waals surface area contributed by atoms with E-state index in [2.05, 4.69) is 22.3 Å². The van der Waals surface area contributed by atoms with Gasteiger partial charge in [-0.25, -0.2) is 0 Å². The fourth-order valence-electron chi connectivity index (χ4n) is 3.45. The summed E-state index contributed by atoms with van der Waals surface area (Å²) in [6.45, 7) is 1.30. The SMILES string of the molecule is NC(=O)CCN(Cc1ccccc1)C(=O)CSc1nnc(-c2cccs2)n1Cc1ccccc1. The molecule has 0 saturated carbocycles. The number of aromatic nitrogens is 3. The first-order chi connectivity index (χ1) is 16.6. The zero-order valence-electron chi connectivity index (χ0n) is 18.5. The summed E-state index contributed by atoms with van der Waals surface area (Å²) in [5.41, 5.74) is 7.46. The summed E-state index contributed by atoms with van der Waals surface area (Å²) in [4.78, 5) is 27.2. The first kappa shape index (κ1) is 23.7. The molecule has 0 saturated heterocycles. The van der Waals surface area contributed by atoms with Gasteiger partial charge in [0.25, 0.3) is 0 Å². The molecule has 2 aromatic carbocycles. The van der Waals surface area contributed by atoms with E-state index in [4.69, 9.17) is 5.73 Å². The summed E-state index contributed by atoms with van der Waals surface area (Å²) in [5.74, 6) is 0.454. The normalized spacial score (nSPS) is 10.8. The third-order valence-electron chi connectivity index (χ3n) is 5.16. The summed E-state index contributed by atoms with van der Waals surface area (Å²) in [6.07, 6.45) is 0.121. The highest BCUT2D eigenvalue weighted by atomic mass is 32.2. The molecular formula is C25H25N5O2S2. The summed E-state index contributed by atoms with van der Waals surface area (Å²) in [5, 5.41) is 11.5.